The molecule has 2 N–H and O–H groups in total. The van der Waals surface area contributed by atoms with E-state index in [-0.39, 0.29) is 0 Å². The van der Waals surface area contributed by atoms with Crippen LogP contribution < -0.4 is 37.9 Å². The summed E-state index contributed by atoms with van der Waals surface area (Å²) in [5, 5.41) is 0. The highest BCUT2D eigenvalue weighted by Gasteiger charge is 2.23. The van der Waals surface area contributed by atoms with Crippen molar-refractivity contribution in [3.8, 4) is 90.5 Å². The minimum Gasteiger partial charge on any atom is -0.493 e. The third kappa shape index (κ3) is 20.9. The molecule has 514 valence electrons. The van der Waals surface area contributed by atoms with E-state index < -0.39 is 0 Å². The second-order valence-corrected chi connectivity index (χ2v) is 29.5. The second kappa shape index (κ2) is 34.7. The van der Waals surface area contributed by atoms with E-state index in [0.29, 0.717) is 100 Å². The highest BCUT2D eigenvalue weighted by Crippen LogP contribution is 2.44. The van der Waals surface area contributed by atoms with Gasteiger partial charge in [0, 0.05) is 68.6 Å². The maximum atomic E-state index is 6.67. The Morgan fingerprint density at radius 2 is 0.396 bits per heavy atom. The number of aromatic nitrogens is 4. The molecule has 0 saturated heterocycles. The number of benzene rings is 4. The Balaban J connectivity index is 1.43. The first-order valence-corrected chi connectivity index (χ1v) is 35.9. The average Bonchev–Trinajstić information content (AvgIpc) is 1.59. The van der Waals surface area contributed by atoms with Gasteiger partial charge in [0.1, 0.15) is 46.0 Å². The quantitative estimate of drug-likeness (QED) is 0.0391. The molecule has 0 amide bonds. The number of nitrogens with zero attached hydrogens (tertiary/aromatic N) is 2. The van der Waals surface area contributed by atoms with Crippen LogP contribution in [0.1, 0.15) is 185 Å². The molecule has 2 aliphatic rings. The Labute approximate surface area is 574 Å². The summed E-state index contributed by atoms with van der Waals surface area (Å²) in [6.45, 7) is 40.1. The van der Waals surface area contributed by atoms with Crippen molar-refractivity contribution in [2.45, 2.75) is 162 Å². The number of hydrogen-bond donors (Lipinski definition) is 2. The van der Waals surface area contributed by atoms with Gasteiger partial charge in [0.25, 0.3) is 0 Å². The predicted molar refractivity (Wildman–Crippen MR) is 400 cm³/mol. The molecule has 4 aromatic carbocycles. The number of aromatic amines is 2. The molecule has 3 aromatic heterocycles. The molecule has 12 heteroatoms. The van der Waals surface area contributed by atoms with Crippen LogP contribution in [-0.4, -0.2) is 72.8 Å². The third-order valence-electron chi connectivity index (χ3n) is 17.1. The monoisotopic (exact) mass is 1300 g/mol. The average molecular weight is 1300 g/mol. The highest BCUT2D eigenvalue weighted by molar-refractivity contribution is 6.00. The summed E-state index contributed by atoms with van der Waals surface area (Å²) in [6.07, 6.45) is 15.8. The standard InChI is InChI=1S/C84H110N4O8/c1-53(2)25-33-89-65-41-61(42-66(49-65)90-34-26-54(3)4)81-73-17-19-75(85-73)82(62-43-67(91-35-27-55(5)6)50-68(44-62)92-36-28-56(7)8)77-21-23-79(87-77)84(64-47-71(95-39-31-59(13)14)52-72(48-64)96-40-32-60(15)16)80-24-22-78(88-80)83(76-20-18-74(81)86-76)63-45-69(93-37-29-57(9)10)51-70(46-63)94-38-30-58(11)12/h17-24,41-60,85,88H,25-40H2,1-16H3. The summed E-state index contributed by atoms with van der Waals surface area (Å²) in [4.78, 5) is 19.6. The molecule has 96 heavy (non-hydrogen) atoms. The Bertz CT molecular complexity index is 3300. The Morgan fingerprint density at radius 3 is 0.542 bits per heavy atom. The molecule has 0 radical (unpaired) electrons. The molecule has 0 atom stereocenters. The van der Waals surface area contributed by atoms with Gasteiger partial charge in [-0.15, -0.1) is 0 Å². The van der Waals surface area contributed by atoms with E-state index in [1.54, 1.807) is 0 Å². The van der Waals surface area contributed by atoms with E-state index in [9.17, 15) is 0 Å². The zero-order chi connectivity index (χ0) is 68.4. The third-order valence-corrected chi connectivity index (χ3v) is 17.1. The van der Waals surface area contributed by atoms with Crippen molar-refractivity contribution < 1.29 is 37.9 Å². The van der Waals surface area contributed by atoms with Crippen LogP contribution >= 0.6 is 0 Å². The highest BCUT2D eigenvalue weighted by atomic mass is 16.5. The van der Waals surface area contributed by atoms with Gasteiger partial charge in [-0.05, 0) is 218 Å². The van der Waals surface area contributed by atoms with Crippen LogP contribution in [0.25, 0.3) is 90.9 Å². The summed E-state index contributed by atoms with van der Waals surface area (Å²) < 4.78 is 53.4. The molecule has 0 unspecified atom stereocenters. The van der Waals surface area contributed by atoms with Gasteiger partial charge in [-0.1, -0.05) is 111 Å². The van der Waals surface area contributed by atoms with Gasteiger partial charge in [0.05, 0.1) is 75.6 Å². The molecule has 0 saturated carbocycles. The first-order valence-electron chi connectivity index (χ1n) is 35.9. The molecule has 9 rings (SSSR count). The van der Waals surface area contributed by atoms with Crippen LogP contribution in [0.5, 0.6) is 46.0 Å². The Kier molecular flexibility index (Phi) is 26.1. The summed E-state index contributed by atoms with van der Waals surface area (Å²) in [7, 11) is 0. The maximum absolute atomic E-state index is 6.67. The number of rotatable bonds is 36. The van der Waals surface area contributed by atoms with E-state index >= 15 is 0 Å². The lowest BCUT2D eigenvalue weighted by atomic mass is 10.0. The fourth-order valence-electron chi connectivity index (χ4n) is 11.3. The van der Waals surface area contributed by atoms with Crippen LogP contribution in [0.4, 0.5) is 0 Å². The molecule has 7 aromatic rings. The van der Waals surface area contributed by atoms with Crippen molar-refractivity contribution >= 4 is 46.4 Å². The van der Waals surface area contributed by atoms with E-state index in [4.69, 9.17) is 47.9 Å². The normalized spacial score (nSPS) is 12.2. The summed E-state index contributed by atoms with van der Waals surface area (Å²) in [6, 6.07) is 33.8. The van der Waals surface area contributed by atoms with Crippen molar-refractivity contribution in [3.05, 3.63) is 120 Å². The predicted octanol–water partition coefficient (Wildman–Crippen LogP) is 22.7. The van der Waals surface area contributed by atoms with Gasteiger partial charge < -0.3 is 47.9 Å². The van der Waals surface area contributed by atoms with Crippen molar-refractivity contribution in [1.82, 2.24) is 19.9 Å². The van der Waals surface area contributed by atoms with E-state index in [1.807, 2.05) is 24.3 Å². The molecule has 12 nitrogen and oxygen atoms in total. The fourth-order valence-corrected chi connectivity index (χ4v) is 11.3. The molecular formula is C84H110N4O8. The zero-order valence-electron chi connectivity index (χ0n) is 60.6. The molecule has 0 fully saturated rings. The van der Waals surface area contributed by atoms with Crippen LogP contribution in [0.2, 0.25) is 0 Å². The van der Waals surface area contributed by atoms with Gasteiger partial charge in [0.2, 0.25) is 0 Å². The second-order valence-electron chi connectivity index (χ2n) is 29.5. The number of ether oxygens (including phenoxy) is 8. The first-order chi connectivity index (χ1) is 46.1. The maximum Gasteiger partial charge on any atom is 0.123 e. The van der Waals surface area contributed by atoms with Gasteiger partial charge >= 0.3 is 0 Å². The lowest BCUT2D eigenvalue weighted by molar-refractivity contribution is 0.276. The van der Waals surface area contributed by atoms with Crippen molar-refractivity contribution in [2.75, 3.05) is 52.9 Å². The summed E-state index contributed by atoms with van der Waals surface area (Å²) in [5.74, 6) is 9.54. The lowest BCUT2D eigenvalue weighted by Crippen LogP contribution is -2.04. The van der Waals surface area contributed by atoms with Gasteiger partial charge in [-0.25, -0.2) is 9.97 Å². The van der Waals surface area contributed by atoms with E-state index in [2.05, 4.69) is 218 Å². The van der Waals surface area contributed by atoms with Crippen molar-refractivity contribution in [3.63, 3.8) is 0 Å². The van der Waals surface area contributed by atoms with Crippen LogP contribution in [0.3, 0.4) is 0 Å². The van der Waals surface area contributed by atoms with Gasteiger partial charge in [-0.2, -0.15) is 0 Å². The molecular weight excluding hydrogens is 1190 g/mol. The summed E-state index contributed by atoms with van der Waals surface area (Å²) >= 11 is 0. The van der Waals surface area contributed by atoms with Crippen LogP contribution in [0, 0.1) is 47.3 Å². The van der Waals surface area contributed by atoms with E-state index in [1.165, 1.54) is 0 Å². The molecule has 5 heterocycles. The number of hydrogen-bond acceptors (Lipinski definition) is 10. The number of nitrogens with one attached hydrogen (secondary N) is 2. The topological polar surface area (TPSA) is 131 Å². The Hall–Kier alpha value is -8.12. The van der Waals surface area contributed by atoms with Crippen LogP contribution in [0.15, 0.2) is 97.1 Å². The summed E-state index contributed by atoms with van der Waals surface area (Å²) in [5.41, 5.74) is 13.4. The first kappa shape index (κ1) is 72.2. The van der Waals surface area contributed by atoms with Crippen LogP contribution in [-0.2, 0) is 0 Å². The van der Waals surface area contributed by atoms with E-state index in [0.717, 1.165) is 187 Å². The minimum atomic E-state index is 0.466. The number of fused-ring (bicyclic) bond motifs is 8. The van der Waals surface area contributed by atoms with Crippen molar-refractivity contribution in [2.24, 2.45) is 47.3 Å². The molecule has 0 aliphatic carbocycles. The van der Waals surface area contributed by atoms with Gasteiger partial charge in [0.15, 0.2) is 0 Å². The minimum absolute atomic E-state index is 0.466. The van der Waals surface area contributed by atoms with Crippen molar-refractivity contribution in [1.29, 1.82) is 0 Å². The van der Waals surface area contributed by atoms with Gasteiger partial charge in [-0.3, -0.25) is 0 Å². The fraction of sp³-hybridized carbons (Fsp3) is 0.476. The Morgan fingerprint density at radius 1 is 0.240 bits per heavy atom. The molecule has 0 spiro atoms. The SMILES string of the molecule is CC(C)CCOc1cc(OCCC(C)C)cc(-c2c3nc(c(-c4cc(OCCC(C)C)cc(OCCC(C)C)c4)c4ccc([nH]4)c(-c4cc(OCCC(C)C)cc(OCCC(C)C)c4)c4nc(c(-c5cc(OCCC(C)C)cc(OCCC(C)C)c5)c5ccc2[nH]5)C=C4)C=C3)c1. The number of H-pyrrole nitrogens is 2. The zero-order valence-corrected chi connectivity index (χ0v) is 60.6. The largest absolute Gasteiger partial charge is 0.493 e. The molecule has 8 bridgehead atoms. The molecule has 2 aliphatic heterocycles. The lowest BCUT2D eigenvalue weighted by Gasteiger charge is -2.15. The smallest absolute Gasteiger partial charge is 0.123 e.